The summed E-state index contributed by atoms with van der Waals surface area (Å²) in [5, 5.41) is 0.419. The first-order valence-electron chi connectivity index (χ1n) is 12.4. The molecule has 4 fully saturated rings. The summed E-state index contributed by atoms with van der Waals surface area (Å²) in [5.74, 6) is 1.19. The molecule has 5 rings (SSSR count). The largest absolute Gasteiger partial charge is 0.458 e. The molecule has 32 heavy (non-hydrogen) atoms. The molecule has 1 heterocycles. The third-order valence-corrected chi connectivity index (χ3v) is 11.2. The SMILES string of the molecule is CC(=O)O[C@H]1C=C2C[C@@H](SC(C)=O)[C@@H]3[C@H](CC[C@@]4(C)[C@H]3CC[C@@]43CCC(=O)O3)[C@@]2(C)CC1. The second-order valence-electron chi connectivity index (χ2n) is 11.4. The smallest absolute Gasteiger partial charge is 0.306 e. The average molecular weight is 461 g/mol. The first kappa shape index (κ1) is 22.5. The molecule has 4 aliphatic carbocycles. The zero-order chi connectivity index (χ0) is 22.9. The molecule has 0 N–H and O–H groups in total. The van der Waals surface area contributed by atoms with E-state index in [9.17, 15) is 14.4 Å². The van der Waals surface area contributed by atoms with E-state index < -0.39 is 0 Å². The lowest BCUT2D eigenvalue weighted by Gasteiger charge is -2.61. The summed E-state index contributed by atoms with van der Waals surface area (Å²) in [7, 11) is 0. The van der Waals surface area contributed by atoms with Crippen LogP contribution < -0.4 is 0 Å². The lowest BCUT2D eigenvalue weighted by molar-refractivity contribution is -0.167. The van der Waals surface area contributed by atoms with Gasteiger partial charge in [-0.1, -0.05) is 31.2 Å². The summed E-state index contributed by atoms with van der Waals surface area (Å²) in [6.45, 7) is 7.95. The number of carbonyl (C=O) groups excluding carboxylic acids is 3. The van der Waals surface area contributed by atoms with Crippen LogP contribution in [-0.2, 0) is 23.9 Å². The highest BCUT2D eigenvalue weighted by Gasteiger charge is 2.68. The lowest BCUT2D eigenvalue weighted by atomic mass is 9.46. The fraction of sp³-hybridized carbons (Fsp3) is 0.808. The van der Waals surface area contributed by atoms with Gasteiger partial charge in [0, 0.05) is 30.9 Å². The van der Waals surface area contributed by atoms with Crippen LogP contribution in [0.25, 0.3) is 0 Å². The monoisotopic (exact) mass is 460 g/mol. The van der Waals surface area contributed by atoms with Crippen molar-refractivity contribution in [3.8, 4) is 0 Å². The molecule has 0 amide bonds. The van der Waals surface area contributed by atoms with Gasteiger partial charge in [0.1, 0.15) is 11.7 Å². The van der Waals surface area contributed by atoms with Crippen molar-refractivity contribution in [1.82, 2.24) is 0 Å². The summed E-state index contributed by atoms with van der Waals surface area (Å²) < 4.78 is 11.6. The van der Waals surface area contributed by atoms with Gasteiger partial charge < -0.3 is 9.47 Å². The number of hydrogen-bond acceptors (Lipinski definition) is 6. The number of esters is 2. The molecule has 3 saturated carbocycles. The van der Waals surface area contributed by atoms with Crippen LogP contribution in [0.2, 0.25) is 0 Å². The van der Waals surface area contributed by atoms with E-state index in [-0.39, 0.29) is 44.8 Å². The Morgan fingerprint density at radius 3 is 2.47 bits per heavy atom. The number of carbonyl (C=O) groups is 3. The minimum absolute atomic E-state index is 0.00243. The molecular formula is C26H36O5S. The molecule has 0 radical (unpaired) electrons. The van der Waals surface area contributed by atoms with Crippen LogP contribution >= 0.6 is 11.8 Å². The van der Waals surface area contributed by atoms with Crippen LogP contribution in [0.3, 0.4) is 0 Å². The van der Waals surface area contributed by atoms with E-state index in [0.29, 0.717) is 24.2 Å². The third-order valence-electron chi connectivity index (χ3n) is 10.0. The molecule has 0 aromatic heterocycles. The molecule has 0 aromatic rings. The quantitative estimate of drug-likeness (QED) is 0.416. The maximum Gasteiger partial charge on any atom is 0.306 e. The average Bonchev–Trinajstić information content (AvgIpc) is 3.22. The van der Waals surface area contributed by atoms with Crippen molar-refractivity contribution >= 4 is 28.8 Å². The second kappa shape index (κ2) is 7.61. The molecule has 176 valence electrons. The van der Waals surface area contributed by atoms with Crippen molar-refractivity contribution in [2.45, 2.75) is 102 Å². The minimum atomic E-state index is -0.296. The minimum Gasteiger partial charge on any atom is -0.458 e. The Hall–Kier alpha value is -1.30. The van der Waals surface area contributed by atoms with Crippen LogP contribution in [0.4, 0.5) is 0 Å². The Bertz CT molecular complexity index is 881. The van der Waals surface area contributed by atoms with E-state index in [1.165, 1.54) is 24.3 Å². The Morgan fingerprint density at radius 1 is 1.06 bits per heavy atom. The van der Waals surface area contributed by atoms with E-state index in [0.717, 1.165) is 51.4 Å². The molecule has 1 saturated heterocycles. The molecule has 5 aliphatic rings. The summed E-state index contributed by atoms with van der Waals surface area (Å²) in [4.78, 5) is 36.0. The van der Waals surface area contributed by atoms with Gasteiger partial charge in [-0.2, -0.15) is 0 Å². The van der Waals surface area contributed by atoms with Gasteiger partial charge in [-0.3, -0.25) is 14.4 Å². The maximum atomic E-state index is 12.3. The second-order valence-corrected chi connectivity index (χ2v) is 12.8. The van der Waals surface area contributed by atoms with E-state index >= 15 is 0 Å². The Morgan fingerprint density at radius 2 is 1.81 bits per heavy atom. The van der Waals surface area contributed by atoms with Gasteiger partial charge in [0.05, 0.1) is 0 Å². The van der Waals surface area contributed by atoms with Crippen molar-refractivity contribution in [3.63, 3.8) is 0 Å². The number of ether oxygens (including phenoxy) is 2. The maximum absolute atomic E-state index is 12.3. The molecule has 8 atom stereocenters. The van der Waals surface area contributed by atoms with Gasteiger partial charge in [-0.25, -0.2) is 0 Å². The zero-order valence-corrected chi connectivity index (χ0v) is 20.6. The van der Waals surface area contributed by atoms with E-state index in [1.54, 1.807) is 6.92 Å². The molecular weight excluding hydrogens is 424 g/mol. The molecule has 5 nitrogen and oxygen atoms in total. The van der Waals surface area contributed by atoms with Gasteiger partial charge in [0.15, 0.2) is 5.12 Å². The van der Waals surface area contributed by atoms with E-state index in [2.05, 4.69) is 19.9 Å². The van der Waals surface area contributed by atoms with Gasteiger partial charge in [0.25, 0.3) is 0 Å². The van der Waals surface area contributed by atoms with Gasteiger partial charge >= 0.3 is 11.9 Å². The lowest BCUT2D eigenvalue weighted by Crippen LogP contribution is -2.58. The van der Waals surface area contributed by atoms with Crippen LogP contribution in [0, 0.1) is 28.6 Å². The van der Waals surface area contributed by atoms with Crippen LogP contribution in [0.5, 0.6) is 0 Å². The summed E-state index contributed by atoms with van der Waals surface area (Å²) in [6.07, 6.45) is 10.5. The third kappa shape index (κ3) is 3.22. The number of rotatable bonds is 2. The normalized spacial score (nSPS) is 47.2. The molecule has 1 spiro atoms. The molecule has 1 aliphatic heterocycles. The van der Waals surface area contributed by atoms with Crippen LogP contribution in [0.15, 0.2) is 11.6 Å². The van der Waals surface area contributed by atoms with Crippen LogP contribution in [0.1, 0.15) is 85.5 Å². The van der Waals surface area contributed by atoms with Crippen LogP contribution in [-0.4, -0.2) is 34.0 Å². The molecule has 0 unspecified atom stereocenters. The summed E-state index contributed by atoms with van der Waals surface area (Å²) in [6, 6.07) is 0. The topological polar surface area (TPSA) is 69.7 Å². The first-order chi connectivity index (χ1) is 15.1. The van der Waals surface area contributed by atoms with Crippen molar-refractivity contribution in [2.75, 3.05) is 0 Å². The predicted molar refractivity (Wildman–Crippen MR) is 123 cm³/mol. The van der Waals surface area contributed by atoms with Crippen molar-refractivity contribution in [2.24, 2.45) is 28.6 Å². The molecule has 0 bridgehead atoms. The Labute approximate surface area is 195 Å². The number of thioether (sulfide) groups is 1. The van der Waals surface area contributed by atoms with Gasteiger partial charge in [0.2, 0.25) is 0 Å². The Balaban J connectivity index is 1.51. The van der Waals surface area contributed by atoms with Gasteiger partial charge in [-0.15, -0.1) is 0 Å². The number of fused-ring (bicyclic) bond motifs is 6. The predicted octanol–water partition coefficient (Wildman–Crippen LogP) is 5.21. The highest BCUT2D eigenvalue weighted by Crippen LogP contribution is 2.70. The summed E-state index contributed by atoms with van der Waals surface area (Å²) >= 11 is 1.51. The van der Waals surface area contributed by atoms with E-state index in [4.69, 9.17) is 9.47 Å². The van der Waals surface area contributed by atoms with Gasteiger partial charge in [-0.05, 0) is 80.6 Å². The molecule has 6 heteroatoms. The number of hydrogen-bond donors (Lipinski definition) is 0. The highest BCUT2D eigenvalue weighted by molar-refractivity contribution is 8.14. The fourth-order valence-electron chi connectivity index (χ4n) is 8.57. The first-order valence-corrected chi connectivity index (χ1v) is 13.2. The fourth-order valence-corrected chi connectivity index (χ4v) is 9.80. The molecule has 0 aromatic carbocycles. The Kier molecular flexibility index (Phi) is 5.35. The zero-order valence-electron chi connectivity index (χ0n) is 19.8. The standard InChI is InChI=1S/C26H36O5S/c1-15(27)30-18-5-9-24(3)17(13-18)14-21(32-16(2)28)23-19(24)6-10-25(4)20(23)7-11-26(25)12-8-22(29)31-26/h13,18-21,23H,5-12,14H2,1-4H3/t18-,19+,20+,21-,23-,24+,25+,26-/m1/s1. The van der Waals surface area contributed by atoms with Crippen molar-refractivity contribution in [1.29, 1.82) is 0 Å². The summed E-state index contributed by atoms with van der Waals surface area (Å²) in [5.41, 5.74) is 1.19. The highest BCUT2D eigenvalue weighted by atomic mass is 32.2. The van der Waals surface area contributed by atoms with Crippen molar-refractivity contribution < 1.29 is 23.9 Å². The number of allylic oxidation sites excluding steroid dienone is 1. The van der Waals surface area contributed by atoms with E-state index in [1.807, 2.05) is 0 Å². The van der Waals surface area contributed by atoms with Crippen molar-refractivity contribution in [3.05, 3.63) is 11.6 Å².